The van der Waals surface area contributed by atoms with Gasteiger partial charge in [-0.3, -0.25) is 19.6 Å². The number of aromatic nitrogens is 2. The number of amidine groups is 1. The standard InChI is InChI=1S/C28H27FN6O2/c29-23-15-20(11-12-22(23)26(30)31)16-33-25(36)18-35-24(21-9-5-2-6-10-21)17-34-27(28(35)37)32-14-13-19-7-3-1-4-8-19/h1-12,15,17H,13-14,16,18H2,(H3,30,31)(H,32,34)(H,33,36). The van der Waals surface area contributed by atoms with E-state index in [1.54, 1.807) is 12.3 Å². The topological polar surface area (TPSA) is 126 Å². The monoisotopic (exact) mass is 498 g/mol. The maximum atomic E-state index is 14.1. The van der Waals surface area contributed by atoms with Gasteiger partial charge in [-0.25, -0.2) is 9.37 Å². The molecule has 0 bridgehead atoms. The Balaban J connectivity index is 1.51. The van der Waals surface area contributed by atoms with Crippen LogP contribution in [0.25, 0.3) is 11.3 Å². The zero-order valence-corrected chi connectivity index (χ0v) is 20.1. The second-order valence-corrected chi connectivity index (χ2v) is 8.42. The van der Waals surface area contributed by atoms with Crippen molar-refractivity contribution in [3.8, 4) is 11.3 Å². The van der Waals surface area contributed by atoms with E-state index < -0.39 is 17.3 Å². The summed E-state index contributed by atoms with van der Waals surface area (Å²) in [4.78, 5) is 30.5. The smallest absolute Gasteiger partial charge is 0.294 e. The van der Waals surface area contributed by atoms with E-state index in [1.807, 2.05) is 60.7 Å². The molecule has 9 heteroatoms. The minimum atomic E-state index is -0.637. The van der Waals surface area contributed by atoms with Gasteiger partial charge in [0.05, 0.1) is 17.5 Å². The van der Waals surface area contributed by atoms with Gasteiger partial charge in [-0.1, -0.05) is 66.7 Å². The Morgan fingerprint density at radius 2 is 1.70 bits per heavy atom. The van der Waals surface area contributed by atoms with E-state index in [0.717, 1.165) is 11.1 Å². The van der Waals surface area contributed by atoms with Crippen LogP contribution >= 0.6 is 0 Å². The number of anilines is 1. The van der Waals surface area contributed by atoms with Crippen LogP contribution in [-0.4, -0.2) is 27.8 Å². The average Bonchev–Trinajstić information content (AvgIpc) is 2.90. The average molecular weight is 499 g/mol. The Labute approximate surface area is 213 Å². The van der Waals surface area contributed by atoms with E-state index in [4.69, 9.17) is 11.1 Å². The predicted octanol–water partition coefficient (Wildman–Crippen LogP) is 3.30. The van der Waals surface area contributed by atoms with Gasteiger partial charge in [0.1, 0.15) is 18.2 Å². The van der Waals surface area contributed by atoms with Crippen LogP contribution in [0.5, 0.6) is 0 Å². The minimum absolute atomic E-state index is 0.00166. The molecule has 1 amide bonds. The van der Waals surface area contributed by atoms with Crippen LogP contribution in [0.1, 0.15) is 16.7 Å². The molecule has 0 aliphatic rings. The fourth-order valence-electron chi connectivity index (χ4n) is 3.86. The second kappa shape index (κ2) is 11.8. The maximum absolute atomic E-state index is 14.1. The molecule has 0 fully saturated rings. The zero-order chi connectivity index (χ0) is 26.2. The summed E-state index contributed by atoms with van der Waals surface area (Å²) in [5.74, 6) is -1.27. The molecule has 188 valence electrons. The largest absolute Gasteiger partial charge is 0.384 e. The second-order valence-electron chi connectivity index (χ2n) is 8.42. The van der Waals surface area contributed by atoms with E-state index in [9.17, 15) is 14.0 Å². The molecule has 0 saturated heterocycles. The summed E-state index contributed by atoms with van der Waals surface area (Å²) in [5.41, 5.74) is 7.82. The summed E-state index contributed by atoms with van der Waals surface area (Å²) in [6.07, 6.45) is 2.28. The molecule has 8 nitrogen and oxygen atoms in total. The summed E-state index contributed by atoms with van der Waals surface area (Å²) in [5, 5.41) is 13.2. The van der Waals surface area contributed by atoms with E-state index in [1.165, 1.54) is 16.7 Å². The van der Waals surface area contributed by atoms with Crippen molar-refractivity contribution < 1.29 is 9.18 Å². The normalized spacial score (nSPS) is 10.6. The first-order chi connectivity index (χ1) is 17.9. The maximum Gasteiger partial charge on any atom is 0.294 e. The molecular formula is C28H27FN6O2. The van der Waals surface area contributed by atoms with Crippen molar-refractivity contribution in [2.75, 3.05) is 11.9 Å². The molecule has 4 rings (SSSR count). The quantitative estimate of drug-likeness (QED) is 0.197. The number of nitrogens with two attached hydrogens (primary N) is 1. The van der Waals surface area contributed by atoms with Crippen LogP contribution in [0.4, 0.5) is 10.2 Å². The number of nitrogens with one attached hydrogen (secondary N) is 3. The van der Waals surface area contributed by atoms with Crippen molar-refractivity contribution in [1.29, 1.82) is 5.41 Å². The van der Waals surface area contributed by atoms with E-state index in [2.05, 4.69) is 15.6 Å². The van der Waals surface area contributed by atoms with Crippen molar-refractivity contribution >= 4 is 17.6 Å². The molecule has 37 heavy (non-hydrogen) atoms. The number of amides is 1. The molecule has 4 aromatic rings. The van der Waals surface area contributed by atoms with Crippen molar-refractivity contribution in [3.05, 3.63) is 118 Å². The van der Waals surface area contributed by atoms with Crippen molar-refractivity contribution in [1.82, 2.24) is 14.9 Å². The molecule has 0 spiro atoms. The van der Waals surface area contributed by atoms with Gasteiger partial charge in [0, 0.05) is 13.1 Å². The number of rotatable bonds is 10. The molecule has 0 aliphatic carbocycles. The van der Waals surface area contributed by atoms with Crippen LogP contribution in [-0.2, 0) is 24.3 Å². The van der Waals surface area contributed by atoms with Gasteiger partial charge in [-0.15, -0.1) is 0 Å². The molecule has 1 heterocycles. The van der Waals surface area contributed by atoms with Gasteiger partial charge in [0.25, 0.3) is 5.56 Å². The fourth-order valence-corrected chi connectivity index (χ4v) is 3.86. The molecule has 0 radical (unpaired) electrons. The van der Waals surface area contributed by atoms with Crippen LogP contribution < -0.4 is 21.9 Å². The Hall–Kier alpha value is -4.79. The van der Waals surface area contributed by atoms with Gasteiger partial charge in [-0.2, -0.15) is 0 Å². The lowest BCUT2D eigenvalue weighted by atomic mass is 10.1. The Bertz CT molecular complexity index is 1450. The lowest BCUT2D eigenvalue weighted by Gasteiger charge is -2.15. The van der Waals surface area contributed by atoms with Crippen LogP contribution in [0.3, 0.4) is 0 Å². The number of carbonyl (C=O) groups is 1. The third kappa shape index (κ3) is 6.46. The number of hydrogen-bond donors (Lipinski definition) is 4. The van der Waals surface area contributed by atoms with E-state index >= 15 is 0 Å². The number of nitrogen functional groups attached to an aromatic ring is 1. The summed E-state index contributed by atoms with van der Waals surface area (Å²) in [6, 6.07) is 23.3. The number of hydrogen-bond acceptors (Lipinski definition) is 5. The lowest BCUT2D eigenvalue weighted by Crippen LogP contribution is -2.34. The first-order valence-electron chi connectivity index (χ1n) is 11.7. The van der Waals surface area contributed by atoms with Gasteiger partial charge < -0.3 is 16.4 Å². The highest BCUT2D eigenvalue weighted by molar-refractivity contribution is 5.95. The predicted molar refractivity (Wildman–Crippen MR) is 142 cm³/mol. The highest BCUT2D eigenvalue weighted by Crippen LogP contribution is 2.18. The summed E-state index contributed by atoms with van der Waals surface area (Å²) in [6.45, 7) is 0.314. The zero-order valence-electron chi connectivity index (χ0n) is 20.1. The van der Waals surface area contributed by atoms with Crippen LogP contribution in [0.15, 0.2) is 89.9 Å². The third-order valence-electron chi connectivity index (χ3n) is 5.79. The molecule has 1 aromatic heterocycles. The molecule has 0 atom stereocenters. The molecule has 0 aliphatic heterocycles. The molecule has 0 unspecified atom stereocenters. The molecule has 0 saturated carbocycles. The highest BCUT2D eigenvalue weighted by Gasteiger charge is 2.15. The minimum Gasteiger partial charge on any atom is -0.384 e. The fraction of sp³-hybridized carbons (Fsp3) is 0.143. The van der Waals surface area contributed by atoms with Crippen molar-refractivity contribution in [2.45, 2.75) is 19.5 Å². The SMILES string of the molecule is N=C(N)c1ccc(CNC(=O)Cn2c(-c3ccccc3)cnc(NCCc3ccccc3)c2=O)cc1F. The van der Waals surface area contributed by atoms with Crippen LogP contribution in [0, 0.1) is 11.2 Å². The first-order valence-corrected chi connectivity index (χ1v) is 11.7. The van der Waals surface area contributed by atoms with Crippen LogP contribution in [0.2, 0.25) is 0 Å². The molecule has 3 aromatic carbocycles. The van der Waals surface area contributed by atoms with E-state index in [0.29, 0.717) is 24.2 Å². The number of nitrogens with zero attached hydrogens (tertiary/aromatic N) is 2. The number of halogens is 1. The summed E-state index contributed by atoms with van der Waals surface area (Å²) >= 11 is 0. The van der Waals surface area contributed by atoms with Gasteiger partial charge in [0.15, 0.2) is 5.82 Å². The Morgan fingerprint density at radius 1 is 1.00 bits per heavy atom. The van der Waals surface area contributed by atoms with Crippen molar-refractivity contribution in [2.24, 2.45) is 5.73 Å². The molecular weight excluding hydrogens is 471 g/mol. The molecule has 5 N–H and O–H groups in total. The van der Waals surface area contributed by atoms with Gasteiger partial charge in [0.2, 0.25) is 5.91 Å². The Kier molecular flexibility index (Phi) is 8.05. The van der Waals surface area contributed by atoms with Gasteiger partial charge >= 0.3 is 0 Å². The number of benzene rings is 3. The van der Waals surface area contributed by atoms with Crippen molar-refractivity contribution in [3.63, 3.8) is 0 Å². The lowest BCUT2D eigenvalue weighted by molar-refractivity contribution is -0.121. The summed E-state index contributed by atoms with van der Waals surface area (Å²) in [7, 11) is 0. The van der Waals surface area contributed by atoms with Gasteiger partial charge in [-0.05, 0) is 35.2 Å². The number of carbonyl (C=O) groups excluding carboxylic acids is 1. The summed E-state index contributed by atoms with van der Waals surface area (Å²) < 4.78 is 15.5. The third-order valence-corrected chi connectivity index (χ3v) is 5.79. The first kappa shape index (κ1) is 25.3. The van der Waals surface area contributed by atoms with E-state index in [-0.39, 0.29) is 30.3 Å². The Morgan fingerprint density at radius 3 is 2.38 bits per heavy atom. The highest BCUT2D eigenvalue weighted by atomic mass is 19.1.